The Morgan fingerprint density at radius 2 is 0.871 bits per heavy atom. The average Bonchev–Trinajstić information content (AvgIpc) is 0.799. The minimum atomic E-state index is -0.306. The van der Waals surface area contributed by atoms with Gasteiger partial charge in [0.25, 0.3) is 0 Å². The van der Waals surface area contributed by atoms with E-state index in [1.807, 2.05) is 129 Å². The van der Waals surface area contributed by atoms with Crippen LogP contribution < -0.4 is 9.97 Å². The van der Waals surface area contributed by atoms with Crippen molar-refractivity contribution in [2.75, 3.05) is 0 Å². The number of aryl methyl sites for hydroxylation is 6. The minimum absolute atomic E-state index is 0. The van der Waals surface area contributed by atoms with E-state index in [9.17, 15) is 28.6 Å². The number of fused-ring (bicyclic) bond motifs is 8. The Hall–Kier alpha value is -10.6. The van der Waals surface area contributed by atoms with Crippen LogP contribution in [0.5, 0.6) is 0 Å². The molecule has 0 fully saturated rings. The van der Waals surface area contributed by atoms with E-state index in [0.29, 0.717) is 17.9 Å². The standard InChI is InChI=1S/C21H15FN.C21H16N.C18H14FN.C18H15N.C15H28O2.C11H20O2.2Ir/c1-13-9-14(2)11-16(10-13)21-19-6-4-15-3-5-17(22)12-20(15)18(19)7-8-23-21;1-14-11-15(2)13-17(12-14)21-20-8-7-16-5-3-4-6-18(16)19(20)9-10-22-21;1-13-4-2-6-15(12-13)18-17-7-3-5-14(8-10-19)16(17)9-11-20-18;1-3-14-7-5-9-17-16(14)10-11-19-18(17)15-8-4-6-13(2)12-15;1-7-14(5,8-2)12(16)11-13(17)15(6,9-3)10-4;1-10(2,3)8(12)7-9(13)11(4,5)6;;/h3-10,12H,1-2H3;3-12H,1-2H3;2-12H,1H3;3-12H,1H2,2H3;11,16H,7-10H2,1-6H3;7,12H,1-6H3;;/q2*-1;;;;;;/p+4/b;;10-8+;;;;;. The Bertz CT molecular complexity index is 5860. The molecule has 0 atom stereocenters. The first-order valence-corrected chi connectivity index (χ1v) is 39.4. The quantitative estimate of drug-likeness (QED) is 0.0368. The minimum Gasteiger partial charge on any atom is -0.511 e. The number of H-pyrrole nitrogens is 2. The molecular weight excluding hydrogens is 1790 g/mol. The van der Waals surface area contributed by atoms with Crippen molar-refractivity contribution in [3.63, 3.8) is 0 Å². The van der Waals surface area contributed by atoms with Gasteiger partial charge in [-0.1, -0.05) is 210 Å². The van der Waals surface area contributed by atoms with E-state index in [1.54, 1.807) is 18.3 Å². The van der Waals surface area contributed by atoms with Gasteiger partial charge >= 0.3 is 11.6 Å². The molecule has 0 aliphatic rings. The molecule has 0 unspecified atom stereocenters. The number of nitrogens with one attached hydrogen (secondary N) is 2. The van der Waals surface area contributed by atoms with Crippen LogP contribution in [0.1, 0.15) is 153 Å². The molecule has 4 heterocycles. The molecule has 0 saturated carbocycles. The smallest absolute Gasteiger partial charge is 0.325 e. The molecule has 0 amide bonds. The van der Waals surface area contributed by atoms with E-state index in [2.05, 4.69) is 247 Å². The van der Waals surface area contributed by atoms with E-state index in [4.69, 9.17) is 0 Å². The number of aliphatic hydroxyl groups excluding tert-OH is 2. The first kappa shape index (κ1) is 92.6. The molecule has 0 aliphatic carbocycles. The number of benzene rings is 10. The molecular formula is C104H112F2Ir2N4O4+2. The van der Waals surface area contributed by atoms with Crippen LogP contribution in [0.4, 0.5) is 8.78 Å². The third-order valence-corrected chi connectivity index (χ3v) is 21.5. The van der Waals surface area contributed by atoms with Gasteiger partial charge in [-0.3, -0.25) is 9.59 Å². The number of aromatic nitrogens is 4. The van der Waals surface area contributed by atoms with Crippen molar-refractivity contribution in [1.82, 2.24) is 9.97 Å². The normalized spacial score (nSPS) is 11.7. The molecule has 0 spiro atoms. The molecule has 0 aliphatic heterocycles. The summed E-state index contributed by atoms with van der Waals surface area (Å²) >= 11 is 0. The van der Waals surface area contributed by atoms with Gasteiger partial charge in [0.15, 0.2) is 12.4 Å². The van der Waals surface area contributed by atoms with Crippen molar-refractivity contribution in [1.29, 1.82) is 0 Å². The van der Waals surface area contributed by atoms with Crippen LogP contribution in [-0.2, 0) is 40.2 Å². The van der Waals surface area contributed by atoms with E-state index in [-0.39, 0.29) is 79.2 Å². The number of nitrogens with zero attached hydrogens (tertiary/aromatic N) is 2. The molecule has 12 heteroatoms. The summed E-state index contributed by atoms with van der Waals surface area (Å²) in [5.41, 5.74) is 16.6. The zero-order valence-electron chi connectivity index (χ0n) is 70.4. The van der Waals surface area contributed by atoms with Crippen molar-refractivity contribution < 1.29 is 78.8 Å². The zero-order valence-corrected chi connectivity index (χ0v) is 75.2. The number of pyridine rings is 4. The molecule has 0 saturated heterocycles. The van der Waals surface area contributed by atoms with Crippen LogP contribution in [0.2, 0.25) is 0 Å². The van der Waals surface area contributed by atoms with Gasteiger partial charge in [0, 0.05) is 97.5 Å². The summed E-state index contributed by atoms with van der Waals surface area (Å²) in [6.45, 7) is 40.1. The third kappa shape index (κ3) is 23.2. The molecule has 4 aromatic heterocycles. The second-order valence-electron chi connectivity index (χ2n) is 32.2. The van der Waals surface area contributed by atoms with Gasteiger partial charge in [-0.25, -0.2) is 18.7 Å². The molecule has 2 radical (unpaired) electrons. The number of ketones is 2. The number of hydrogen-bond acceptors (Lipinski definition) is 4. The fourth-order valence-electron chi connectivity index (χ4n) is 13.7. The summed E-state index contributed by atoms with van der Waals surface area (Å²) in [6.07, 6.45) is 18.0. The Balaban J connectivity index is 0.000000194. The van der Waals surface area contributed by atoms with Crippen LogP contribution >= 0.6 is 0 Å². The third-order valence-electron chi connectivity index (χ3n) is 21.5. The predicted molar refractivity (Wildman–Crippen MR) is 479 cm³/mol. The van der Waals surface area contributed by atoms with Gasteiger partial charge in [-0.2, -0.15) is 0 Å². The van der Waals surface area contributed by atoms with Crippen molar-refractivity contribution in [3.8, 4) is 45.0 Å². The summed E-state index contributed by atoms with van der Waals surface area (Å²) < 4.78 is 26.2. The van der Waals surface area contributed by atoms with Crippen LogP contribution in [0.15, 0.2) is 262 Å². The topological polar surface area (TPSA) is 137 Å². The van der Waals surface area contributed by atoms with Gasteiger partial charge in [0.1, 0.15) is 17.3 Å². The maximum absolute atomic E-state index is 13.7. The van der Waals surface area contributed by atoms with E-state index in [1.165, 1.54) is 83.9 Å². The van der Waals surface area contributed by atoms with Crippen molar-refractivity contribution in [2.45, 2.75) is 150 Å². The van der Waals surface area contributed by atoms with Gasteiger partial charge in [0.05, 0.1) is 40.1 Å². The van der Waals surface area contributed by atoms with Gasteiger partial charge in [0.2, 0.25) is 11.4 Å². The maximum Gasteiger partial charge on any atom is 0.325 e. The second-order valence-corrected chi connectivity index (χ2v) is 32.2. The summed E-state index contributed by atoms with van der Waals surface area (Å²) in [4.78, 5) is 35.6. The largest absolute Gasteiger partial charge is 0.511 e. The van der Waals surface area contributed by atoms with Crippen LogP contribution in [0.25, 0.3) is 122 Å². The molecule has 14 rings (SSSR count). The summed E-state index contributed by atoms with van der Waals surface area (Å²) in [5, 5.41) is 33.3. The first-order chi connectivity index (χ1) is 54.3. The number of hydrogen-bond donors (Lipinski definition) is 2. The van der Waals surface area contributed by atoms with E-state index in [0.717, 1.165) is 114 Å². The molecule has 8 nitrogen and oxygen atoms in total. The summed E-state index contributed by atoms with van der Waals surface area (Å²) in [6, 6.07) is 74.4. The Kier molecular flexibility index (Phi) is 33.0. The van der Waals surface area contributed by atoms with E-state index < -0.39 is 0 Å². The maximum atomic E-state index is 13.7. The molecule has 14 aromatic rings. The summed E-state index contributed by atoms with van der Waals surface area (Å²) in [7, 11) is 0. The second kappa shape index (κ2) is 41.3. The SMILES string of the molecule is C=Cc1cccc2c(-c3cccc(C)c3)[nH+]ccc12.CC(C)(C)C(=[OH+])C=C(O)C(C)(C)C.CCC(C)(CC)C(=[OH+])C=C(O)C(C)(CC)CC.Cc1[c-]c(-c2nccc3c2ccc2ccc(F)cc23)cc(C)c1.Cc1[c-]c(-c2nccc3c2ccc2ccccc23)cc(C)c1.Cc1cccc(-c2[nH+]ccc3c(/C=C/F)cccc23)c1.[Ir].[Ir]. The predicted octanol–water partition coefficient (Wildman–Crippen LogP) is 27.6. The molecule has 602 valence electrons. The van der Waals surface area contributed by atoms with Gasteiger partial charge in [-0.15, -0.1) is 69.8 Å². The molecule has 6 N–H and O–H groups in total. The van der Waals surface area contributed by atoms with Gasteiger partial charge in [-0.05, 0) is 200 Å². The van der Waals surface area contributed by atoms with Crippen LogP contribution in [0.3, 0.4) is 0 Å². The van der Waals surface area contributed by atoms with E-state index >= 15 is 0 Å². The van der Waals surface area contributed by atoms with Crippen LogP contribution in [0, 0.1) is 81.2 Å². The van der Waals surface area contributed by atoms with Crippen molar-refractivity contribution >= 4 is 88.4 Å². The number of rotatable bonds is 14. The monoisotopic (exact) mass is 1900 g/mol. The average molecular weight is 1900 g/mol. The number of carbonyl (C=O) groups excluding carboxylic acids is 2. The summed E-state index contributed by atoms with van der Waals surface area (Å²) in [5.74, 6) is 0.794. The Labute approximate surface area is 712 Å². The number of aliphatic hydroxyl groups is 2. The molecule has 0 bridgehead atoms. The fourth-order valence-corrected chi connectivity index (χ4v) is 13.7. The molecule has 116 heavy (non-hydrogen) atoms. The van der Waals surface area contributed by atoms with Gasteiger partial charge < -0.3 is 20.2 Å². The van der Waals surface area contributed by atoms with Crippen molar-refractivity contribution in [2.24, 2.45) is 21.7 Å². The zero-order chi connectivity index (χ0) is 82.8. The van der Waals surface area contributed by atoms with Crippen LogP contribution in [-0.4, -0.2) is 41.3 Å². The first-order valence-electron chi connectivity index (χ1n) is 39.4. The Morgan fingerprint density at radius 3 is 1.33 bits per heavy atom. The number of aromatic amines is 2. The molecule has 10 aromatic carbocycles. The number of allylic oxidation sites excluding steroid dienone is 4. The van der Waals surface area contributed by atoms with Crippen molar-refractivity contribution in [3.05, 3.63) is 324 Å². The Morgan fingerprint density at radius 1 is 0.431 bits per heavy atom. The fraction of sp³-hybridized carbons (Fsp3) is 0.250. The number of halogens is 2.